The summed E-state index contributed by atoms with van der Waals surface area (Å²) in [6.45, 7) is -0.513. The van der Waals surface area contributed by atoms with Crippen molar-refractivity contribution < 1.29 is 41.8 Å². The zero-order valence-corrected chi connectivity index (χ0v) is 15.3. The smallest absolute Gasteiger partial charge is 0.416 e. The highest BCUT2D eigenvalue weighted by molar-refractivity contribution is 5.99. The van der Waals surface area contributed by atoms with Crippen LogP contribution in [0.5, 0.6) is 5.75 Å². The minimum atomic E-state index is -4.47. The molecule has 0 spiro atoms. The molecule has 0 heterocycles. The van der Waals surface area contributed by atoms with E-state index >= 15 is 0 Å². The first-order chi connectivity index (χ1) is 13.6. The zero-order valence-electron chi connectivity index (χ0n) is 15.3. The number of carbonyl (C=O) groups excluding carboxylic acids is 3. The Hall–Kier alpha value is -3.56. The molecule has 1 amide bonds. The molecule has 2 rings (SSSR count). The summed E-state index contributed by atoms with van der Waals surface area (Å²) in [5.41, 5.74) is -0.720. The van der Waals surface area contributed by atoms with Crippen molar-refractivity contribution in [1.29, 1.82) is 0 Å². The van der Waals surface area contributed by atoms with Gasteiger partial charge in [0.1, 0.15) is 5.75 Å². The summed E-state index contributed by atoms with van der Waals surface area (Å²) in [5.74, 6) is -2.06. The van der Waals surface area contributed by atoms with Gasteiger partial charge in [-0.1, -0.05) is 0 Å². The molecule has 0 aliphatic heterocycles. The molecule has 0 saturated carbocycles. The maximum Gasteiger partial charge on any atom is 0.416 e. The molecule has 0 bridgehead atoms. The van der Waals surface area contributed by atoms with Gasteiger partial charge in [-0.15, -0.1) is 0 Å². The molecule has 1 N–H and O–H groups in total. The number of alkyl halides is 3. The summed E-state index contributed by atoms with van der Waals surface area (Å²) in [6.07, 6.45) is -4.47. The summed E-state index contributed by atoms with van der Waals surface area (Å²) >= 11 is 0. The number of hydrogen-bond acceptors (Lipinski definition) is 6. The Morgan fingerprint density at radius 2 is 1.41 bits per heavy atom. The first-order valence-electron chi connectivity index (χ1n) is 8.05. The molecule has 154 valence electrons. The highest BCUT2D eigenvalue weighted by Crippen LogP contribution is 2.30. The number of rotatable bonds is 6. The van der Waals surface area contributed by atoms with Gasteiger partial charge in [0, 0.05) is 5.69 Å². The van der Waals surface area contributed by atoms with Crippen LogP contribution in [0, 0.1) is 0 Å². The Balaban J connectivity index is 2.07. The second-order valence-electron chi connectivity index (χ2n) is 5.64. The Morgan fingerprint density at radius 1 is 0.897 bits per heavy atom. The van der Waals surface area contributed by atoms with E-state index in [2.05, 4.69) is 14.8 Å². The Morgan fingerprint density at radius 3 is 1.86 bits per heavy atom. The molecule has 0 aliphatic carbocycles. The van der Waals surface area contributed by atoms with E-state index in [1.54, 1.807) is 0 Å². The fourth-order valence-corrected chi connectivity index (χ4v) is 2.26. The fourth-order valence-electron chi connectivity index (χ4n) is 2.26. The third kappa shape index (κ3) is 5.96. The number of methoxy groups -OCH3 is 2. The predicted octanol–water partition coefficient (Wildman–Crippen LogP) is 3.30. The lowest BCUT2D eigenvalue weighted by atomic mass is 10.1. The van der Waals surface area contributed by atoms with Crippen molar-refractivity contribution in [2.75, 3.05) is 26.1 Å². The number of carbonyl (C=O) groups is 3. The van der Waals surface area contributed by atoms with Crippen molar-refractivity contribution in [3.8, 4) is 5.75 Å². The molecule has 0 aromatic heterocycles. The van der Waals surface area contributed by atoms with Crippen LogP contribution >= 0.6 is 0 Å². The molecule has 2 aromatic carbocycles. The summed E-state index contributed by atoms with van der Waals surface area (Å²) in [4.78, 5) is 35.5. The SMILES string of the molecule is COC(=O)c1cc(NC(=O)COc2ccc(C(F)(F)F)cc2)cc(C(=O)OC)c1. The molecule has 0 saturated heterocycles. The second kappa shape index (κ2) is 9.09. The van der Waals surface area contributed by atoms with Gasteiger partial charge < -0.3 is 19.5 Å². The van der Waals surface area contributed by atoms with Crippen LogP contribution in [0.3, 0.4) is 0 Å². The van der Waals surface area contributed by atoms with Crippen molar-refractivity contribution in [2.45, 2.75) is 6.18 Å². The van der Waals surface area contributed by atoms with Crippen molar-refractivity contribution in [3.05, 3.63) is 59.2 Å². The molecular weight excluding hydrogens is 395 g/mol. The molecule has 0 atom stereocenters. The first kappa shape index (κ1) is 21.7. The molecule has 0 aliphatic rings. The Kier molecular flexibility index (Phi) is 6.81. The molecule has 0 unspecified atom stereocenters. The van der Waals surface area contributed by atoms with Gasteiger partial charge in [0.05, 0.1) is 30.9 Å². The third-order valence-electron chi connectivity index (χ3n) is 3.61. The monoisotopic (exact) mass is 411 g/mol. The van der Waals surface area contributed by atoms with E-state index in [9.17, 15) is 27.6 Å². The van der Waals surface area contributed by atoms with Crippen LogP contribution in [-0.2, 0) is 20.4 Å². The standard InChI is InChI=1S/C19H16F3NO6/c1-27-17(25)11-7-12(18(26)28-2)9-14(8-11)23-16(24)10-29-15-5-3-13(4-6-15)19(20,21)22/h3-9H,10H2,1-2H3,(H,23,24). The summed E-state index contributed by atoms with van der Waals surface area (Å²) < 4.78 is 51.9. The summed E-state index contributed by atoms with van der Waals surface area (Å²) in [5, 5.41) is 2.43. The van der Waals surface area contributed by atoms with E-state index in [1.165, 1.54) is 18.2 Å². The lowest BCUT2D eigenvalue weighted by Gasteiger charge is -2.11. The number of amides is 1. The minimum absolute atomic E-state index is 0.00866. The van der Waals surface area contributed by atoms with Crippen molar-refractivity contribution >= 4 is 23.5 Å². The number of esters is 2. The van der Waals surface area contributed by atoms with E-state index in [1.807, 2.05) is 0 Å². The number of anilines is 1. The maximum atomic E-state index is 12.5. The summed E-state index contributed by atoms with van der Waals surface area (Å²) in [7, 11) is 2.31. The predicted molar refractivity (Wildman–Crippen MR) is 94.7 cm³/mol. The molecule has 0 radical (unpaired) electrons. The van der Waals surface area contributed by atoms with E-state index in [-0.39, 0.29) is 22.6 Å². The molecular formula is C19H16F3NO6. The van der Waals surface area contributed by atoms with Crippen molar-refractivity contribution in [2.24, 2.45) is 0 Å². The third-order valence-corrected chi connectivity index (χ3v) is 3.61. The van der Waals surface area contributed by atoms with Gasteiger partial charge in [0.2, 0.25) is 0 Å². The quantitative estimate of drug-likeness (QED) is 0.734. The van der Waals surface area contributed by atoms with Crippen LogP contribution in [0.1, 0.15) is 26.3 Å². The molecule has 7 nitrogen and oxygen atoms in total. The number of ether oxygens (including phenoxy) is 3. The van der Waals surface area contributed by atoms with Gasteiger partial charge in [-0.05, 0) is 42.5 Å². The maximum absolute atomic E-state index is 12.5. The van der Waals surface area contributed by atoms with Crippen LogP contribution in [0.4, 0.5) is 18.9 Å². The highest BCUT2D eigenvalue weighted by atomic mass is 19.4. The van der Waals surface area contributed by atoms with Gasteiger partial charge in [-0.25, -0.2) is 9.59 Å². The molecule has 10 heteroatoms. The normalized spacial score (nSPS) is 10.8. The van der Waals surface area contributed by atoms with Gasteiger partial charge in [0.25, 0.3) is 5.91 Å². The Bertz CT molecular complexity index is 875. The van der Waals surface area contributed by atoms with E-state index < -0.39 is 36.2 Å². The number of hydrogen-bond donors (Lipinski definition) is 1. The molecule has 0 fully saturated rings. The molecule has 29 heavy (non-hydrogen) atoms. The Labute approximate surface area is 163 Å². The number of halogens is 3. The highest BCUT2D eigenvalue weighted by Gasteiger charge is 2.30. The van der Waals surface area contributed by atoms with Crippen LogP contribution in [0.25, 0.3) is 0 Å². The number of nitrogens with one attached hydrogen (secondary N) is 1. The minimum Gasteiger partial charge on any atom is -0.484 e. The van der Waals surface area contributed by atoms with Gasteiger partial charge in [0.15, 0.2) is 6.61 Å². The van der Waals surface area contributed by atoms with Crippen LogP contribution < -0.4 is 10.1 Å². The van der Waals surface area contributed by atoms with Gasteiger partial charge >= 0.3 is 18.1 Å². The lowest BCUT2D eigenvalue weighted by molar-refractivity contribution is -0.137. The van der Waals surface area contributed by atoms with E-state index in [0.717, 1.165) is 38.5 Å². The van der Waals surface area contributed by atoms with Gasteiger partial charge in [-0.3, -0.25) is 4.79 Å². The number of benzene rings is 2. The van der Waals surface area contributed by atoms with Crippen LogP contribution in [-0.4, -0.2) is 38.7 Å². The second-order valence-corrected chi connectivity index (χ2v) is 5.64. The average molecular weight is 411 g/mol. The lowest BCUT2D eigenvalue weighted by Crippen LogP contribution is -2.21. The largest absolute Gasteiger partial charge is 0.484 e. The van der Waals surface area contributed by atoms with Crippen molar-refractivity contribution in [3.63, 3.8) is 0 Å². The fraction of sp³-hybridized carbons (Fsp3) is 0.211. The van der Waals surface area contributed by atoms with E-state index in [0.29, 0.717) is 0 Å². The van der Waals surface area contributed by atoms with Crippen molar-refractivity contribution in [1.82, 2.24) is 0 Å². The van der Waals surface area contributed by atoms with E-state index in [4.69, 9.17) is 4.74 Å². The first-order valence-corrected chi connectivity index (χ1v) is 8.05. The average Bonchev–Trinajstić information content (AvgIpc) is 2.70. The van der Waals surface area contributed by atoms with Crippen LogP contribution in [0.2, 0.25) is 0 Å². The summed E-state index contributed by atoms with van der Waals surface area (Å²) in [6, 6.07) is 7.65. The van der Waals surface area contributed by atoms with Crippen LogP contribution in [0.15, 0.2) is 42.5 Å². The van der Waals surface area contributed by atoms with Gasteiger partial charge in [-0.2, -0.15) is 13.2 Å². The molecule has 2 aromatic rings. The topological polar surface area (TPSA) is 90.9 Å². The zero-order chi connectivity index (χ0) is 21.6.